The minimum atomic E-state index is -0.756. The summed E-state index contributed by atoms with van der Waals surface area (Å²) in [6, 6.07) is 14.8. The van der Waals surface area contributed by atoms with Gasteiger partial charge in [0.25, 0.3) is 5.56 Å². The SMILES string of the molecule is CC.COc1ccc(Br)c(Cc2nc(C(=O)OC(C)(C)C)c(OCc3ccccc3)c(=O)[nH]2)c1. The molecule has 0 saturated carbocycles. The Bertz CT molecular complexity index is 1150. The molecule has 2 aromatic carbocycles. The molecule has 0 aliphatic carbocycles. The van der Waals surface area contributed by atoms with Gasteiger partial charge < -0.3 is 19.2 Å². The summed E-state index contributed by atoms with van der Waals surface area (Å²) in [6.45, 7) is 9.35. The van der Waals surface area contributed by atoms with Crippen molar-refractivity contribution in [3.05, 3.63) is 86.0 Å². The fourth-order valence-electron chi connectivity index (χ4n) is 2.92. The van der Waals surface area contributed by atoms with Crippen LogP contribution in [0.25, 0.3) is 0 Å². The van der Waals surface area contributed by atoms with E-state index < -0.39 is 17.1 Å². The number of carbonyl (C=O) groups is 1. The fourth-order valence-corrected chi connectivity index (χ4v) is 3.30. The third kappa shape index (κ3) is 7.73. The quantitative estimate of drug-likeness (QED) is 0.394. The van der Waals surface area contributed by atoms with Crippen molar-refractivity contribution in [2.24, 2.45) is 0 Å². The standard InChI is InChI=1S/C24H25BrN2O5.C2H6/c1-24(2,3)32-23(29)20-21(31-14-15-8-6-5-7-9-15)22(28)27-19(26-20)13-16-12-17(30-4)10-11-18(16)25;1-2/h5-12H,13-14H2,1-4H3,(H,26,27,28);1-2H3. The molecule has 8 heteroatoms. The lowest BCUT2D eigenvalue weighted by atomic mass is 10.1. The van der Waals surface area contributed by atoms with Gasteiger partial charge in [-0.1, -0.05) is 60.1 Å². The van der Waals surface area contributed by atoms with E-state index >= 15 is 0 Å². The van der Waals surface area contributed by atoms with E-state index in [1.54, 1.807) is 27.9 Å². The van der Waals surface area contributed by atoms with E-state index in [1.165, 1.54) is 0 Å². The molecule has 1 N–H and O–H groups in total. The van der Waals surface area contributed by atoms with Gasteiger partial charge in [-0.15, -0.1) is 0 Å². The van der Waals surface area contributed by atoms with Crippen LogP contribution in [0.15, 0.2) is 57.8 Å². The zero-order valence-electron chi connectivity index (χ0n) is 20.4. The molecule has 7 nitrogen and oxygen atoms in total. The van der Waals surface area contributed by atoms with Crippen LogP contribution >= 0.6 is 15.9 Å². The van der Waals surface area contributed by atoms with E-state index in [2.05, 4.69) is 25.9 Å². The summed E-state index contributed by atoms with van der Waals surface area (Å²) in [5.41, 5.74) is 0.222. The van der Waals surface area contributed by atoms with E-state index in [0.29, 0.717) is 11.6 Å². The van der Waals surface area contributed by atoms with Crippen molar-refractivity contribution in [2.75, 3.05) is 7.11 Å². The Morgan fingerprint density at radius 3 is 2.38 bits per heavy atom. The zero-order chi connectivity index (χ0) is 25.3. The number of methoxy groups -OCH3 is 1. The molecule has 0 atom stereocenters. The number of halogens is 1. The molecule has 0 saturated heterocycles. The van der Waals surface area contributed by atoms with Gasteiger partial charge in [0.05, 0.1) is 7.11 Å². The molecular formula is C26H31BrN2O5. The first-order valence-electron chi connectivity index (χ1n) is 11.0. The monoisotopic (exact) mass is 530 g/mol. The number of nitrogens with zero attached hydrogens (tertiary/aromatic N) is 1. The van der Waals surface area contributed by atoms with Crippen LogP contribution in [-0.4, -0.2) is 28.6 Å². The summed E-state index contributed by atoms with van der Waals surface area (Å²) in [5, 5.41) is 0. The normalized spacial score (nSPS) is 10.7. The number of rotatable bonds is 7. The highest BCUT2D eigenvalue weighted by molar-refractivity contribution is 9.10. The second-order valence-corrected chi connectivity index (χ2v) is 8.95. The predicted octanol–water partition coefficient (Wildman–Crippen LogP) is 5.69. The Hall–Kier alpha value is -3.13. The molecule has 0 radical (unpaired) electrons. The molecule has 0 aliphatic rings. The maximum atomic E-state index is 12.9. The van der Waals surface area contributed by atoms with Crippen LogP contribution in [0.4, 0.5) is 0 Å². The smallest absolute Gasteiger partial charge is 0.361 e. The number of aromatic amines is 1. The first kappa shape index (κ1) is 27.1. The van der Waals surface area contributed by atoms with E-state index in [9.17, 15) is 9.59 Å². The van der Waals surface area contributed by atoms with Crippen molar-refractivity contribution in [1.82, 2.24) is 9.97 Å². The summed E-state index contributed by atoms with van der Waals surface area (Å²) in [4.78, 5) is 32.9. The van der Waals surface area contributed by atoms with Crippen molar-refractivity contribution in [3.8, 4) is 11.5 Å². The van der Waals surface area contributed by atoms with Gasteiger partial charge in [0.15, 0.2) is 5.69 Å². The zero-order valence-corrected chi connectivity index (χ0v) is 22.0. The number of ether oxygens (including phenoxy) is 3. The Labute approximate surface area is 208 Å². The molecule has 0 spiro atoms. The third-order valence-electron chi connectivity index (χ3n) is 4.35. The van der Waals surface area contributed by atoms with Crippen molar-refractivity contribution in [3.63, 3.8) is 0 Å². The van der Waals surface area contributed by atoms with E-state index in [-0.39, 0.29) is 24.5 Å². The average Bonchev–Trinajstić information content (AvgIpc) is 2.80. The van der Waals surface area contributed by atoms with Gasteiger partial charge in [-0.05, 0) is 50.1 Å². The van der Waals surface area contributed by atoms with Crippen molar-refractivity contribution < 1.29 is 19.0 Å². The summed E-state index contributed by atoms with van der Waals surface area (Å²) < 4.78 is 17.3. The highest BCUT2D eigenvalue weighted by Gasteiger charge is 2.26. The Morgan fingerprint density at radius 2 is 1.76 bits per heavy atom. The Kier molecular flexibility index (Phi) is 9.86. The van der Waals surface area contributed by atoms with Crippen LogP contribution in [0.5, 0.6) is 11.5 Å². The molecular weight excluding hydrogens is 500 g/mol. The lowest BCUT2D eigenvalue weighted by Gasteiger charge is -2.20. The molecule has 0 amide bonds. The molecule has 3 rings (SSSR count). The highest BCUT2D eigenvalue weighted by Crippen LogP contribution is 2.25. The summed E-state index contributed by atoms with van der Waals surface area (Å²) in [5.74, 6) is 0.0757. The Morgan fingerprint density at radius 1 is 1.09 bits per heavy atom. The van der Waals surface area contributed by atoms with Gasteiger partial charge >= 0.3 is 5.97 Å². The number of carbonyl (C=O) groups excluding carboxylic acids is 1. The van der Waals surface area contributed by atoms with E-state index in [1.807, 2.05) is 62.4 Å². The lowest BCUT2D eigenvalue weighted by molar-refractivity contribution is 0.00572. The van der Waals surface area contributed by atoms with Gasteiger partial charge in [-0.3, -0.25) is 4.79 Å². The second-order valence-electron chi connectivity index (χ2n) is 8.10. The largest absolute Gasteiger partial charge is 0.497 e. The molecule has 1 aromatic heterocycles. The minimum absolute atomic E-state index is 0.113. The number of hydrogen-bond acceptors (Lipinski definition) is 6. The number of H-pyrrole nitrogens is 1. The maximum absolute atomic E-state index is 12.9. The molecule has 0 aliphatic heterocycles. The van der Waals surface area contributed by atoms with Crippen LogP contribution in [0.3, 0.4) is 0 Å². The summed E-state index contributed by atoms with van der Waals surface area (Å²) in [6.07, 6.45) is 0.266. The first-order valence-corrected chi connectivity index (χ1v) is 11.8. The predicted molar refractivity (Wildman–Crippen MR) is 136 cm³/mol. The second kappa shape index (κ2) is 12.4. The minimum Gasteiger partial charge on any atom is -0.497 e. The van der Waals surface area contributed by atoms with Gasteiger partial charge in [-0.25, -0.2) is 9.78 Å². The number of benzene rings is 2. The molecule has 3 aromatic rings. The molecule has 0 unspecified atom stereocenters. The molecule has 0 bridgehead atoms. The van der Waals surface area contributed by atoms with Crippen molar-refractivity contribution in [1.29, 1.82) is 0 Å². The van der Waals surface area contributed by atoms with Gasteiger partial charge in [0, 0.05) is 10.9 Å². The van der Waals surface area contributed by atoms with Crippen molar-refractivity contribution in [2.45, 2.75) is 53.2 Å². The van der Waals surface area contributed by atoms with Crippen LogP contribution in [0, 0.1) is 0 Å². The van der Waals surface area contributed by atoms with E-state index in [4.69, 9.17) is 14.2 Å². The van der Waals surface area contributed by atoms with Crippen molar-refractivity contribution >= 4 is 21.9 Å². The van der Waals surface area contributed by atoms with Gasteiger partial charge in [0.2, 0.25) is 5.75 Å². The van der Waals surface area contributed by atoms with Gasteiger partial charge in [-0.2, -0.15) is 0 Å². The van der Waals surface area contributed by atoms with Crippen LogP contribution in [-0.2, 0) is 17.8 Å². The highest BCUT2D eigenvalue weighted by atomic mass is 79.9. The molecule has 0 fully saturated rings. The number of nitrogens with one attached hydrogen (secondary N) is 1. The average molecular weight is 531 g/mol. The van der Waals surface area contributed by atoms with Crippen LogP contribution in [0.2, 0.25) is 0 Å². The van der Waals surface area contributed by atoms with Gasteiger partial charge in [0.1, 0.15) is 23.8 Å². The molecule has 34 heavy (non-hydrogen) atoms. The van der Waals surface area contributed by atoms with Crippen LogP contribution in [0.1, 0.15) is 62.1 Å². The number of aromatic nitrogens is 2. The first-order chi connectivity index (χ1) is 16.2. The van der Waals surface area contributed by atoms with Crippen LogP contribution < -0.4 is 15.0 Å². The molecule has 1 heterocycles. The fraction of sp³-hybridized carbons (Fsp3) is 0.346. The summed E-state index contributed by atoms with van der Waals surface area (Å²) in [7, 11) is 1.58. The van der Waals surface area contributed by atoms with E-state index in [0.717, 1.165) is 15.6 Å². The lowest BCUT2D eigenvalue weighted by Crippen LogP contribution is -2.28. The third-order valence-corrected chi connectivity index (χ3v) is 5.13. The Balaban J connectivity index is 0.00000199. The summed E-state index contributed by atoms with van der Waals surface area (Å²) >= 11 is 3.50. The number of hydrogen-bond donors (Lipinski definition) is 1. The number of esters is 1. The topological polar surface area (TPSA) is 90.5 Å². The molecule has 182 valence electrons. The maximum Gasteiger partial charge on any atom is 0.361 e.